The van der Waals surface area contributed by atoms with Crippen LogP contribution >= 0.6 is 0 Å². The summed E-state index contributed by atoms with van der Waals surface area (Å²) in [4.78, 5) is 7.04. The predicted octanol–water partition coefficient (Wildman–Crippen LogP) is 2.59. The zero-order valence-corrected chi connectivity index (χ0v) is 11.5. The van der Waals surface area contributed by atoms with E-state index in [-0.39, 0.29) is 12.1 Å². The molecule has 0 spiro atoms. The third-order valence-electron chi connectivity index (χ3n) is 4.01. The number of hydrogen-bond donors (Lipinski definition) is 1. The average Bonchev–Trinajstić information content (AvgIpc) is 2.40. The number of pyridine rings is 1. The fraction of sp³-hybridized carbons (Fsp3) is 0.667. The van der Waals surface area contributed by atoms with Crippen molar-refractivity contribution in [2.45, 2.75) is 45.2 Å². The van der Waals surface area contributed by atoms with Crippen LogP contribution in [0.4, 0.5) is 0 Å². The second-order valence-corrected chi connectivity index (χ2v) is 5.47. The van der Waals surface area contributed by atoms with Crippen molar-refractivity contribution in [2.75, 3.05) is 13.1 Å². The molecular formula is C15H25N3. The molecule has 1 saturated heterocycles. The molecule has 2 heterocycles. The molecule has 0 aliphatic carbocycles. The van der Waals surface area contributed by atoms with Crippen molar-refractivity contribution >= 4 is 0 Å². The summed E-state index contributed by atoms with van der Waals surface area (Å²) < 4.78 is 0. The SMILES string of the molecule is CCC1CCCN(C(c2ccccn2)C(C)N)C1. The molecule has 0 bridgehead atoms. The maximum Gasteiger partial charge on any atom is 0.0671 e. The molecular weight excluding hydrogens is 222 g/mol. The lowest BCUT2D eigenvalue weighted by atomic mass is 9.92. The summed E-state index contributed by atoms with van der Waals surface area (Å²) in [5, 5.41) is 0. The quantitative estimate of drug-likeness (QED) is 0.889. The lowest BCUT2D eigenvalue weighted by Gasteiger charge is -2.39. The Morgan fingerprint density at radius 3 is 2.94 bits per heavy atom. The highest BCUT2D eigenvalue weighted by molar-refractivity contribution is 5.11. The number of nitrogens with zero attached hydrogens (tertiary/aromatic N) is 2. The fourth-order valence-electron chi connectivity index (χ4n) is 3.02. The smallest absolute Gasteiger partial charge is 0.0671 e. The molecule has 1 fully saturated rings. The zero-order valence-electron chi connectivity index (χ0n) is 11.5. The molecule has 2 N–H and O–H groups in total. The van der Waals surface area contributed by atoms with Gasteiger partial charge in [0, 0.05) is 18.8 Å². The Hall–Kier alpha value is -0.930. The number of rotatable bonds is 4. The summed E-state index contributed by atoms with van der Waals surface area (Å²) in [5.74, 6) is 0.823. The van der Waals surface area contributed by atoms with Crippen molar-refractivity contribution in [3.8, 4) is 0 Å². The van der Waals surface area contributed by atoms with Gasteiger partial charge in [0.25, 0.3) is 0 Å². The van der Waals surface area contributed by atoms with E-state index in [0.717, 1.165) is 18.2 Å². The third kappa shape index (κ3) is 3.09. The molecule has 1 aliphatic heterocycles. The molecule has 0 saturated carbocycles. The molecule has 0 amide bonds. The van der Waals surface area contributed by atoms with Gasteiger partial charge in [0.2, 0.25) is 0 Å². The first-order chi connectivity index (χ1) is 8.72. The molecule has 0 radical (unpaired) electrons. The van der Waals surface area contributed by atoms with Crippen molar-refractivity contribution in [3.05, 3.63) is 30.1 Å². The maximum absolute atomic E-state index is 6.20. The van der Waals surface area contributed by atoms with Gasteiger partial charge >= 0.3 is 0 Å². The van der Waals surface area contributed by atoms with Crippen LogP contribution in [0.15, 0.2) is 24.4 Å². The number of aromatic nitrogens is 1. The van der Waals surface area contributed by atoms with Gasteiger partial charge in [-0.05, 0) is 44.4 Å². The number of piperidine rings is 1. The van der Waals surface area contributed by atoms with Crippen molar-refractivity contribution in [3.63, 3.8) is 0 Å². The van der Waals surface area contributed by atoms with Gasteiger partial charge in [-0.25, -0.2) is 0 Å². The van der Waals surface area contributed by atoms with Crippen molar-refractivity contribution in [1.82, 2.24) is 9.88 Å². The summed E-state index contributed by atoms with van der Waals surface area (Å²) in [6, 6.07) is 6.51. The lowest BCUT2D eigenvalue weighted by Crippen LogP contribution is -2.44. The Morgan fingerprint density at radius 1 is 1.50 bits per heavy atom. The Balaban J connectivity index is 2.15. The molecule has 18 heavy (non-hydrogen) atoms. The maximum atomic E-state index is 6.20. The molecule has 1 aromatic heterocycles. The molecule has 100 valence electrons. The second-order valence-electron chi connectivity index (χ2n) is 5.47. The largest absolute Gasteiger partial charge is 0.326 e. The number of likely N-dealkylation sites (tertiary alicyclic amines) is 1. The van der Waals surface area contributed by atoms with E-state index >= 15 is 0 Å². The first-order valence-corrected chi connectivity index (χ1v) is 7.13. The topological polar surface area (TPSA) is 42.2 Å². The normalized spacial score (nSPS) is 24.7. The van der Waals surface area contributed by atoms with Gasteiger partial charge in [-0.3, -0.25) is 9.88 Å². The van der Waals surface area contributed by atoms with Gasteiger partial charge in [-0.15, -0.1) is 0 Å². The Kier molecular flexibility index (Phi) is 4.72. The predicted molar refractivity (Wildman–Crippen MR) is 75.2 cm³/mol. The van der Waals surface area contributed by atoms with Gasteiger partial charge < -0.3 is 5.73 Å². The van der Waals surface area contributed by atoms with E-state index in [1.165, 1.54) is 25.8 Å². The van der Waals surface area contributed by atoms with E-state index in [2.05, 4.69) is 35.9 Å². The zero-order chi connectivity index (χ0) is 13.0. The van der Waals surface area contributed by atoms with E-state index < -0.39 is 0 Å². The number of hydrogen-bond acceptors (Lipinski definition) is 3. The molecule has 2 rings (SSSR count). The van der Waals surface area contributed by atoms with Crippen LogP contribution in [0.3, 0.4) is 0 Å². The summed E-state index contributed by atoms with van der Waals surface area (Å²) >= 11 is 0. The minimum Gasteiger partial charge on any atom is -0.326 e. The first kappa shape index (κ1) is 13.5. The van der Waals surface area contributed by atoms with Crippen molar-refractivity contribution < 1.29 is 0 Å². The average molecular weight is 247 g/mol. The van der Waals surface area contributed by atoms with E-state index in [1.807, 2.05) is 12.3 Å². The Labute approximate surface area is 110 Å². The molecule has 0 aromatic carbocycles. The molecule has 3 nitrogen and oxygen atoms in total. The van der Waals surface area contributed by atoms with E-state index in [4.69, 9.17) is 5.73 Å². The van der Waals surface area contributed by atoms with Gasteiger partial charge in [0.15, 0.2) is 0 Å². The lowest BCUT2D eigenvalue weighted by molar-refractivity contribution is 0.106. The van der Waals surface area contributed by atoms with Crippen LogP contribution in [-0.4, -0.2) is 29.0 Å². The second kappa shape index (κ2) is 6.30. The molecule has 3 unspecified atom stereocenters. The molecule has 3 heteroatoms. The summed E-state index contributed by atoms with van der Waals surface area (Å²) in [5.41, 5.74) is 7.32. The van der Waals surface area contributed by atoms with E-state index in [1.54, 1.807) is 0 Å². The molecule has 3 atom stereocenters. The van der Waals surface area contributed by atoms with Crippen LogP contribution < -0.4 is 5.73 Å². The van der Waals surface area contributed by atoms with Crippen LogP contribution in [0.25, 0.3) is 0 Å². The van der Waals surface area contributed by atoms with E-state index in [0.29, 0.717) is 0 Å². The number of nitrogens with two attached hydrogens (primary N) is 1. The minimum atomic E-state index is 0.121. The van der Waals surface area contributed by atoms with Crippen LogP contribution in [0.2, 0.25) is 0 Å². The van der Waals surface area contributed by atoms with Gasteiger partial charge in [0.05, 0.1) is 11.7 Å². The monoisotopic (exact) mass is 247 g/mol. The highest BCUT2D eigenvalue weighted by Gasteiger charge is 2.29. The Morgan fingerprint density at radius 2 is 2.33 bits per heavy atom. The van der Waals surface area contributed by atoms with Crippen LogP contribution in [-0.2, 0) is 0 Å². The van der Waals surface area contributed by atoms with Crippen LogP contribution in [0.5, 0.6) is 0 Å². The van der Waals surface area contributed by atoms with Gasteiger partial charge in [-0.2, -0.15) is 0 Å². The standard InChI is InChI=1S/C15H25N3/c1-3-13-7-6-10-18(11-13)15(12(2)16)14-8-4-5-9-17-14/h4-5,8-9,12-13,15H,3,6-7,10-11,16H2,1-2H3. The highest BCUT2D eigenvalue weighted by atomic mass is 15.2. The van der Waals surface area contributed by atoms with Crippen LogP contribution in [0.1, 0.15) is 44.8 Å². The summed E-state index contributed by atoms with van der Waals surface area (Å²) in [6.45, 7) is 6.70. The molecule has 1 aliphatic rings. The minimum absolute atomic E-state index is 0.121. The van der Waals surface area contributed by atoms with Crippen molar-refractivity contribution in [1.29, 1.82) is 0 Å². The summed E-state index contributed by atoms with van der Waals surface area (Å²) in [7, 11) is 0. The summed E-state index contributed by atoms with van der Waals surface area (Å²) in [6.07, 6.45) is 5.78. The first-order valence-electron chi connectivity index (χ1n) is 7.13. The van der Waals surface area contributed by atoms with Gasteiger partial charge in [0.1, 0.15) is 0 Å². The molecule has 1 aromatic rings. The highest BCUT2D eigenvalue weighted by Crippen LogP contribution is 2.28. The van der Waals surface area contributed by atoms with E-state index in [9.17, 15) is 0 Å². The third-order valence-corrected chi connectivity index (χ3v) is 4.01. The Bertz CT molecular complexity index is 350. The van der Waals surface area contributed by atoms with Crippen LogP contribution in [0, 0.1) is 5.92 Å². The van der Waals surface area contributed by atoms with Gasteiger partial charge in [-0.1, -0.05) is 19.4 Å². The van der Waals surface area contributed by atoms with Crippen molar-refractivity contribution in [2.24, 2.45) is 11.7 Å². The fourth-order valence-corrected chi connectivity index (χ4v) is 3.02.